The number of hydrogen-bond donors (Lipinski definition) is 2. The van der Waals surface area contributed by atoms with E-state index in [2.05, 4.69) is 9.97 Å². The maximum Gasteiger partial charge on any atom is 0.513 e. The summed E-state index contributed by atoms with van der Waals surface area (Å²) in [4.78, 5) is 57.9. The number of nitrogens with zero attached hydrogens (tertiary/aromatic N) is 1. The molecule has 12 nitrogen and oxygen atoms in total. The molecule has 1 aliphatic carbocycles. The van der Waals surface area contributed by atoms with Crippen LogP contribution in [0.3, 0.4) is 0 Å². The number of H-pyrrole nitrogens is 1. The van der Waals surface area contributed by atoms with Crippen molar-refractivity contribution >= 4 is 18.1 Å². The maximum atomic E-state index is 13.3. The van der Waals surface area contributed by atoms with Crippen LogP contribution in [0.2, 0.25) is 0 Å². The van der Waals surface area contributed by atoms with Gasteiger partial charge in [0.15, 0.2) is 5.69 Å². The highest BCUT2D eigenvalue weighted by Gasteiger charge is 2.41. The fourth-order valence-electron chi connectivity index (χ4n) is 4.59. The van der Waals surface area contributed by atoms with Crippen LogP contribution in [-0.4, -0.2) is 59.6 Å². The first-order valence-corrected chi connectivity index (χ1v) is 13.6. The zero-order valence-electron chi connectivity index (χ0n) is 23.1. The predicted molar refractivity (Wildman–Crippen MR) is 147 cm³/mol. The molecular formula is C30H32N2O10. The van der Waals surface area contributed by atoms with Crippen molar-refractivity contribution in [3.05, 3.63) is 88.1 Å². The van der Waals surface area contributed by atoms with Gasteiger partial charge in [-0.05, 0) is 62.8 Å². The molecule has 0 aliphatic heterocycles. The number of aliphatic hydroxyl groups is 1. The Morgan fingerprint density at radius 2 is 1.60 bits per heavy atom. The van der Waals surface area contributed by atoms with Gasteiger partial charge in [0.25, 0.3) is 5.56 Å². The van der Waals surface area contributed by atoms with Crippen molar-refractivity contribution in [2.24, 2.45) is 5.92 Å². The summed E-state index contributed by atoms with van der Waals surface area (Å²) in [6.45, 7) is 1.31. The molecule has 2 N–H and O–H groups in total. The van der Waals surface area contributed by atoms with Crippen molar-refractivity contribution in [1.82, 2.24) is 9.97 Å². The van der Waals surface area contributed by atoms with Gasteiger partial charge in [-0.2, -0.15) is 0 Å². The quantitative estimate of drug-likeness (QED) is 0.193. The molecule has 0 saturated heterocycles. The lowest BCUT2D eigenvalue weighted by Gasteiger charge is -2.38. The summed E-state index contributed by atoms with van der Waals surface area (Å²) in [5.74, 6) is -2.04. The minimum atomic E-state index is -1.19. The summed E-state index contributed by atoms with van der Waals surface area (Å²) >= 11 is 0. The second kappa shape index (κ2) is 14.4. The van der Waals surface area contributed by atoms with Crippen LogP contribution in [0.15, 0.2) is 65.5 Å². The van der Waals surface area contributed by atoms with E-state index >= 15 is 0 Å². The SMILES string of the molecule is CCOC(=O)c1nc(C2(OCCOC(=O)Oc3ccccc3)CCC(CO)CC2)[nH]c(=O)c1OC(=O)c1ccccc1. The first-order chi connectivity index (χ1) is 20.3. The van der Waals surface area contributed by atoms with Gasteiger partial charge in [-0.3, -0.25) is 4.79 Å². The van der Waals surface area contributed by atoms with E-state index in [0.29, 0.717) is 31.4 Å². The summed E-state index contributed by atoms with van der Waals surface area (Å²) in [7, 11) is 0. The van der Waals surface area contributed by atoms with Crippen LogP contribution < -0.4 is 15.0 Å². The molecule has 42 heavy (non-hydrogen) atoms. The molecule has 1 fully saturated rings. The smallest absolute Gasteiger partial charge is 0.461 e. The monoisotopic (exact) mass is 580 g/mol. The largest absolute Gasteiger partial charge is 0.513 e. The van der Waals surface area contributed by atoms with E-state index < -0.39 is 40.7 Å². The van der Waals surface area contributed by atoms with E-state index in [0.717, 1.165) is 0 Å². The standard InChI is InChI=1S/C30H32N2O10/c1-2-38-27(36)23-24(42-26(35)21-9-5-3-6-10-21)25(34)32-28(31-23)30(15-13-20(19-33)14-16-30)40-18-17-39-29(37)41-22-11-7-4-8-12-22/h3-12,20,33H,2,13-19H2,1H3,(H,31,32,34). The zero-order chi connectivity index (χ0) is 30.0. The van der Waals surface area contributed by atoms with Crippen molar-refractivity contribution in [2.75, 3.05) is 26.4 Å². The predicted octanol–water partition coefficient (Wildman–Crippen LogP) is 3.78. The van der Waals surface area contributed by atoms with E-state index in [1.54, 1.807) is 55.5 Å². The first-order valence-electron chi connectivity index (χ1n) is 13.6. The third-order valence-corrected chi connectivity index (χ3v) is 6.78. The summed E-state index contributed by atoms with van der Waals surface area (Å²) in [6, 6.07) is 16.4. The Morgan fingerprint density at radius 3 is 2.24 bits per heavy atom. The second-order valence-electron chi connectivity index (χ2n) is 9.55. The number of carbonyl (C=O) groups is 3. The van der Waals surface area contributed by atoms with Gasteiger partial charge < -0.3 is 33.8 Å². The Kier molecular flexibility index (Phi) is 10.4. The highest BCUT2D eigenvalue weighted by atomic mass is 16.7. The van der Waals surface area contributed by atoms with Crippen molar-refractivity contribution in [2.45, 2.75) is 38.2 Å². The number of para-hydroxylation sites is 1. The molecule has 3 aromatic rings. The Bertz CT molecular complexity index is 1420. The van der Waals surface area contributed by atoms with Crippen molar-refractivity contribution < 1.29 is 43.2 Å². The van der Waals surface area contributed by atoms with E-state index in [9.17, 15) is 24.3 Å². The van der Waals surface area contributed by atoms with Crippen LogP contribution in [0.5, 0.6) is 11.5 Å². The van der Waals surface area contributed by atoms with Gasteiger partial charge in [-0.1, -0.05) is 36.4 Å². The van der Waals surface area contributed by atoms with E-state index in [4.69, 9.17) is 23.7 Å². The fraction of sp³-hybridized carbons (Fsp3) is 0.367. The summed E-state index contributed by atoms with van der Waals surface area (Å²) in [5.41, 5.74) is -2.37. The molecule has 0 spiro atoms. The highest BCUT2D eigenvalue weighted by Crippen LogP contribution is 2.41. The van der Waals surface area contributed by atoms with Crippen LogP contribution in [0, 0.1) is 5.92 Å². The summed E-state index contributed by atoms with van der Waals surface area (Å²) in [5, 5.41) is 9.67. The minimum Gasteiger partial charge on any atom is -0.461 e. The number of nitrogens with one attached hydrogen (secondary N) is 1. The number of benzene rings is 2. The number of aromatic amines is 1. The molecule has 2 aromatic carbocycles. The molecule has 4 rings (SSSR count). The van der Waals surface area contributed by atoms with E-state index in [1.807, 2.05) is 0 Å². The number of aliphatic hydroxyl groups excluding tert-OH is 1. The van der Waals surface area contributed by atoms with Gasteiger partial charge in [0.2, 0.25) is 5.75 Å². The van der Waals surface area contributed by atoms with Gasteiger partial charge >= 0.3 is 18.1 Å². The third-order valence-electron chi connectivity index (χ3n) is 6.78. The highest BCUT2D eigenvalue weighted by molar-refractivity contribution is 5.94. The van der Waals surface area contributed by atoms with Gasteiger partial charge in [0.05, 0.1) is 18.8 Å². The maximum absolute atomic E-state index is 13.3. The average Bonchev–Trinajstić information content (AvgIpc) is 3.01. The Labute approximate surface area is 241 Å². The van der Waals surface area contributed by atoms with Crippen LogP contribution in [0.1, 0.15) is 59.3 Å². The normalized spacial score (nSPS) is 18.1. The molecular weight excluding hydrogens is 548 g/mol. The van der Waals surface area contributed by atoms with E-state index in [1.165, 1.54) is 12.1 Å². The summed E-state index contributed by atoms with van der Waals surface area (Å²) < 4.78 is 26.8. The molecule has 1 heterocycles. The lowest BCUT2D eigenvalue weighted by molar-refractivity contribution is -0.104. The van der Waals surface area contributed by atoms with Crippen LogP contribution >= 0.6 is 0 Å². The van der Waals surface area contributed by atoms with Gasteiger partial charge in [-0.25, -0.2) is 19.4 Å². The number of ether oxygens (including phenoxy) is 5. The topological polar surface area (TPSA) is 163 Å². The van der Waals surface area contributed by atoms with Crippen LogP contribution in [0.4, 0.5) is 4.79 Å². The molecule has 0 atom stereocenters. The second-order valence-corrected chi connectivity index (χ2v) is 9.55. The Morgan fingerprint density at radius 1 is 0.929 bits per heavy atom. The number of hydrogen-bond acceptors (Lipinski definition) is 11. The van der Waals surface area contributed by atoms with Crippen LogP contribution in [-0.2, 0) is 19.8 Å². The van der Waals surface area contributed by atoms with Gasteiger partial charge in [-0.15, -0.1) is 0 Å². The number of aromatic nitrogens is 2. The molecule has 12 heteroatoms. The number of carbonyl (C=O) groups excluding carboxylic acids is 3. The lowest BCUT2D eigenvalue weighted by atomic mass is 9.78. The Hall–Kier alpha value is -4.55. The molecule has 1 saturated carbocycles. The molecule has 0 bridgehead atoms. The van der Waals surface area contributed by atoms with Crippen LogP contribution in [0.25, 0.3) is 0 Å². The number of rotatable bonds is 11. The third kappa shape index (κ3) is 7.59. The van der Waals surface area contributed by atoms with Crippen molar-refractivity contribution in [3.8, 4) is 11.5 Å². The lowest BCUT2D eigenvalue weighted by Crippen LogP contribution is -2.40. The van der Waals surface area contributed by atoms with Gasteiger partial charge in [0, 0.05) is 6.61 Å². The van der Waals surface area contributed by atoms with Crippen molar-refractivity contribution in [1.29, 1.82) is 0 Å². The average molecular weight is 581 g/mol. The minimum absolute atomic E-state index is 0.00897. The fourth-order valence-corrected chi connectivity index (χ4v) is 4.59. The first kappa shape index (κ1) is 30.4. The summed E-state index contributed by atoms with van der Waals surface area (Å²) in [6.07, 6.45) is 0.832. The zero-order valence-corrected chi connectivity index (χ0v) is 23.1. The molecule has 0 unspecified atom stereocenters. The Balaban J connectivity index is 1.57. The molecule has 1 aliphatic rings. The molecule has 0 amide bonds. The van der Waals surface area contributed by atoms with E-state index in [-0.39, 0.29) is 43.7 Å². The molecule has 222 valence electrons. The molecule has 1 aromatic heterocycles. The van der Waals surface area contributed by atoms with Gasteiger partial charge in [0.1, 0.15) is 23.8 Å². The number of esters is 2. The van der Waals surface area contributed by atoms with Crippen molar-refractivity contribution in [3.63, 3.8) is 0 Å². The molecule has 0 radical (unpaired) electrons.